The number of hydrogen-bond donors (Lipinski definition) is 0. The molecule has 1 aromatic heterocycles. The molecule has 2 amide bonds. The number of ether oxygens (including phenoxy) is 1. The Morgan fingerprint density at radius 1 is 1.14 bits per heavy atom. The van der Waals surface area contributed by atoms with E-state index < -0.39 is 0 Å². The molecule has 0 spiro atoms. The van der Waals surface area contributed by atoms with Gasteiger partial charge in [0.05, 0.1) is 12.6 Å². The minimum Gasteiger partial charge on any atom is -0.375 e. The summed E-state index contributed by atoms with van der Waals surface area (Å²) in [6.45, 7) is 6.06. The summed E-state index contributed by atoms with van der Waals surface area (Å²) >= 11 is 0. The zero-order valence-corrected chi connectivity index (χ0v) is 16.9. The molecule has 6 nitrogen and oxygen atoms in total. The van der Waals surface area contributed by atoms with Crippen molar-refractivity contribution in [1.29, 1.82) is 0 Å². The Morgan fingerprint density at radius 2 is 1.89 bits per heavy atom. The van der Waals surface area contributed by atoms with Gasteiger partial charge in [0.1, 0.15) is 6.61 Å². The van der Waals surface area contributed by atoms with Crippen LogP contribution in [-0.2, 0) is 20.9 Å². The Bertz CT molecular complexity index is 800. The van der Waals surface area contributed by atoms with Crippen molar-refractivity contribution in [3.05, 3.63) is 59.9 Å². The lowest BCUT2D eigenvalue weighted by molar-refractivity contribution is -0.144. The fourth-order valence-electron chi connectivity index (χ4n) is 3.80. The molecule has 0 N–H and O–H groups in total. The first kappa shape index (κ1) is 20.1. The largest absolute Gasteiger partial charge is 0.375 e. The molecule has 0 aliphatic carbocycles. The molecule has 1 atom stereocenters. The number of carbonyl (C=O) groups is 2. The van der Waals surface area contributed by atoms with E-state index in [0.29, 0.717) is 13.1 Å². The normalized spacial score (nSPS) is 16.1. The quantitative estimate of drug-likeness (QED) is 0.738. The molecule has 0 saturated heterocycles. The summed E-state index contributed by atoms with van der Waals surface area (Å²) in [7, 11) is 1.50. The standard InChI is InChI=1S/C22H29N3O3/c1-17(2)14-24(21(27)16-28-3)15-20(26)25-13-12-23-11-7-10-19(23)22(25)18-8-5-4-6-9-18/h4-11,17,22H,12-16H2,1-3H3. The molecule has 0 fully saturated rings. The fraction of sp³-hybridized carbons (Fsp3) is 0.455. The number of benzene rings is 1. The summed E-state index contributed by atoms with van der Waals surface area (Å²) in [6, 6.07) is 14.0. The predicted molar refractivity (Wildman–Crippen MR) is 108 cm³/mol. The molecule has 2 aromatic rings. The molecule has 0 bridgehead atoms. The van der Waals surface area contributed by atoms with Gasteiger partial charge >= 0.3 is 0 Å². The number of amides is 2. The van der Waals surface area contributed by atoms with E-state index in [0.717, 1.165) is 17.8 Å². The number of aromatic nitrogens is 1. The third kappa shape index (κ3) is 4.44. The highest BCUT2D eigenvalue weighted by molar-refractivity contribution is 5.86. The first-order valence-electron chi connectivity index (χ1n) is 9.77. The first-order chi connectivity index (χ1) is 13.5. The second-order valence-electron chi connectivity index (χ2n) is 7.63. The zero-order valence-electron chi connectivity index (χ0n) is 16.9. The summed E-state index contributed by atoms with van der Waals surface area (Å²) in [6.07, 6.45) is 2.06. The van der Waals surface area contributed by atoms with Gasteiger partial charge in [-0.15, -0.1) is 0 Å². The van der Waals surface area contributed by atoms with Crippen LogP contribution in [0.5, 0.6) is 0 Å². The lowest BCUT2D eigenvalue weighted by Crippen LogP contribution is -2.49. The van der Waals surface area contributed by atoms with Gasteiger partial charge in [0.25, 0.3) is 0 Å². The zero-order chi connectivity index (χ0) is 20.1. The van der Waals surface area contributed by atoms with Crippen molar-refractivity contribution in [2.45, 2.75) is 26.4 Å². The number of hydrogen-bond acceptors (Lipinski definition) is 3. The average Bonchev–Trinajstić information content (AvgIpc) is 3.16. The number of rotatable bonds is 7. The van der Waals surface area contributed by atoms with Gasteiger partial charge < -0.3 is 19.1 Å². The summed E-state index contributed by atoms with van der Waals surface area (Å²) in [5.41, 5.74) is 2.18. The second-order valence-corrected chi connectivity index (χ2v) is 7.63. The molecule has 1 aliphatic rings. The molecule has 1 aromatic carbocycles. The molecule has 0 radical (unpaired) electrons. The SMILES string of the molecule is COCC(=O)N(CC(=O)N1CCn2cccc2C1c1ccccc1)CC(C)C. The molecular formula is C22H29N3O3. The molecule has 1 unspecified atom stereocenters. The van der Waals surface area contributed by atoms with Gasteiger partial charge in [-0.3, -0.25) is 9.59 Å². The van der Waals surface area contributed by atoms with Crippen LogP contribution in [0.15, 0.2) is 48.7 Å². The summed E-state index contributed by atoms with van der Waals surface area (Å²) in [5, 5.41) is 0. The highest BCUT2D eigenvalue weighted by atomic mass is 16.5. The van der Waals surface area contributed by atoms with Crippen LogP contribution in [-0.4, -0.2) is 59.5 Å². The molecule has 3 rings (SSSR count). The Kier molecular flexibility index (Phi) is 6.52. The van der Waals surface area contributed by atoms with Gasteiger partial charge in [0.2, 0.25) is 11.8 Å². The van der Waals surface area contributed by atoms with Gasteiger partial charge in [-0.1, -0.05) is 44.2 Å². The molecule has 2 heterocycles. The topological polar surface area (TPSA) is 54.8 Å². The van der Waals surface area contributed by atoms with Crippen LogP contribution in [0.4, 0.5) is 0 Å². The molecular weight excluding hydrogens is 354 g/mol. The highest BCUT2D eigenvalue weighted by Gasteiger charge is 2.33. The van der Waals surface area contributed by atoms with Crippen molar-refractivity contribution in [1.82, 2.24) is 14.4 Å². The maximum atomic E-state index is 13.3. The van der Waals surface area contributed by atoms with Crippen LogP contribution in [0.1, 0.15) is 31.1 Å². The third-order valence-corrected chi connectivity index (χ3v) is 5.01. The van der Waals surface area contributed by atoms with Crippen molar-refractivity contribution in [2.24, 2.45) is 5.92 Å². The van der Waals surface area contributed by atoms with Crippen LogP contribution in [0.2, 0.25) is 0 Å². The van der Waals surface area contributed by atoms with Crippen LogP contribution in [0, 0.1) is 5.92 Å². The van der Waals surface area contributed by atoms with Gasteiger partial charge in [-0.2, -0.15) is 0 Å². The van der Waals surface area contributed by atoms with Crippen LogP contribution in [0.25, 0.3) is 0 Å². The number of methoxy groups -OCH3 is 1. The van der Waals surface area contributed by atoms with E-state index in [1.165, 1.54) is 7.11 Å². The van der Waals surface area contributed by atoms with Crippen molar-refractivity contribution >= 4 is 11.8 Å². The minimum atomic E-state index is -0.152. The van der Waals surface area contributed by atoms with Crippen LogP contribution >= 0.6 is 0 Å². The van der Waals surface area contributed by atoms with E-state index in [9.17, 15) is 9.59 Å². The first-order valence-corrected chi connectivity index (χ1v) is 9.77. The van der Waals surface area contributed by atoms with E-state index in [4.69, 9.17) is 4.74 Å². The Hall–Kier alpha value is -2.60. The van der Waals surface area contributed by atoms with E-state index in [2.05, 4.69) is 29.0 Å². The van der Waals surface area contributed by atoms with Crippen molar-refractivity contribution < 1.29 is 14.3 Å². The molecule has 28 heavy (non-hydrogen) atoms. The Balaban J connectivity index is 1.85. The molecule has 150 valence electrons. The van der Waals surface area contributed by atoms with E-state index in [1.807, 2.05) is 43.0 Å². The lowest BCUT2D eigenvalue weighted by Gasteiger charge is -2.38. The van der Waals surface area contributed by atoms with Gasteiger partial charge in [0.15, 0.2) is 0 Å². The molecule has 0 saturated carbocycles. The van der Waals surface area contributed by atoms with Crippen molar-refractivity contribution in [3.8, 4) is 0 Å². The van der Waals surface area contributed by atoms with E-state index >= 15 is 0 Å². The van der Waals surface area contributed by atoms with Gasteiger partial charge in [-0.25, -0.2) is 0 Å². The summed E-state index contributed by atoms with van der Waals surface area (Å²) in [4.78, 5) is 29.2. The average molecular weight is 383 g/mol. The van der Waals surface area contributed by atoms with Crippen LogP contribution in [0.3, 0.4) is 0 Å². The number of fused-ring (bicyclic) bond motifs is 1. The number of nitrogens with zero attached hydrogens (tertiary/aromatic N) is 3. The highest BCUT2D eigenvalue weighted by Crippen LogP contribution is 2.32. The van der Waals surface area contributed by atoms with E-state index in [-0.39, 0.29) is 36.9 Å². The Labute approximate surface area is 166 Å². The summed E-state index contributed by atoms with van der Waals surface area (Å²) < 4.78 is 7.20. The molecule has 1 aliphatic heterocycles. The predicted octanol–water partition coefficient (Wildman–Crippen LogP) is 2.55. The molecule has 6 heteroatoms. The Morgan fingerprint density at radius 3 is 2.57 bits per heavy atom. The summed E-state index contributed by atoms with van der Waals surface area (Å²) in [5.74, 6) is 0.0877. The van der Waals surface area contributed by atoms with Gasteiger partial charge in [0, 0.05) is 38.6 Å². The fourth-order valence-corrected chi connectivity index (χ4v) is 3.80. The number of carbonyl (C=O) groups excluding carboxylic acids is 2. The maximum absolute atomic E-state index is 13.3. The van der Waals surface area contributed by atoms with Crippen molar-refractivity contribution in [3.63, 3.8) is 0 Å². The van der Waals surface area contributed by atoms with E-state index in [1.54, 1.807) is 4.90 Å². The van der Waals surface area contributed by atoms with Gasteiger partial charge in [-0.05, 0) is 23.6 Å². The monoisotopic (exact) mass is 383 g/mol. The van der Waals surface area contributed by atoms with Crippen molar-refractivity contribution in [2.75, 3.05) is 33.4 Å². The third-order valence-electron chi connectivity index (χ3n) is 5.01. The minimum absolute atomic E-state index is 0.00896. The smallest absolute Gasteiger partial charge is 0.249 e. The maximum Gasteiger partial charge on any atom is 0.249 e. The van der Waals surface area contributed by atoms with Crippen LogP contribution < -0.4 is 0 Å². The lowest BCUT2D eigenvalue weighted by atomic mass is 10.00. The second kappa shape index (κ2) is 9.06.